The monoisotopic (exact) mass is 540 g/mol. The first kappa shape index (κ1) is 18.6. The number of rotatable bonds is 2. The third-order valence-corrected chi connectivity index (χ3v) is 3.51. The number of benzene rings is 1. The summed E-state index contributed by atoms with van der Waals surface area (Å²) in [7, 11) is 0. The van der Waals surface area contributed by atoms with Crippen LogP contribution in [0.1, 0.15) is 10.4 Å². The van der Waals surface area contributed by atoms with Gasteiger partial charge in [0.1, 0.15) is 11.3 Å². The fourth-order valence-corrected chi connectivity index (χ4v) is 3.06. The zero-order chi connectivity index (χ0) is 16.6. The standard InChI is InChI=1S/C10H4F6I2O3/c11-9(12,13)8(10(14,15)16)21-7(20)4-1-3(17)2-5(18)6(4)19/h1-2,8,19H. The average Bonchev–Trinajstić information content (AvgIpc) is 2.27. The molecule has 0 saturated heterocycles. The Morgan fingerprint density at radius 2 is 1.57 bits per heavy atom. The van der Waals surface area contributed by atoms with Crippen molar-refractivity contribution in [1.82, 2.24) is 0 Å². The van der Waals surface area contributed by atoms with Crippen molar-refractivity contribution in [2.45, 2.75) is 18.5 Å². The molecule has 1 aromatic carbocycles. The number of alkyl halides is 6. The quantitative estimate of drug-likeness (QED) is 0.347. The minimum atomic E-state index is -5.81. The third kappa shape index (κ3) is 4.75. The van der Waals surface area contributed by atoms with Crippen molar-refractivity contribution in [3.05, 3.63) is 24.8 Å². The van der Waals surface area contributed by atoms with E-state index in [9.17, 15) is 36.2 Å². The summed E-state index contributed by atoms with van der Waals surface area (Å²) in [6, 6.07) is 2.29. The van der Waals surface area contributed by atoms with Crippen LogP contribution in [-0.2, 0) is 4.74 Å². The summed E-state index contributed by atoms with van der Waals surface area (Å²) in [5.74, 6) is -2.66. The number of phenols is 1. The number of hydrogen-bond acceptors (Lipinski definition) is 3. The van der Waals surface area contributed by atoms with Crippen LogP contribution >= 0.6 is 45.2 Å². The van der Waals surface area contributed by atoms with Crippen LogP contribution in [-0.4, -0.2) is 29.5 Å². The predicted molar refractivity (Wildman–Crippen MR) is 74.9 cm³/mol. The van der Waals surface area contributed by atoms with E-state index >= 15 is 0 Å². The van der Waals surface area contributed by atoms with E-state index in [2.05, 4.69) is 4.74 Å². The van der Waals surface area contributed by atoms with E-state index in [-0.39, 0.29) is 3.57 Å². The van der Waals surface area contributed by atoms with Crippen molar-refractivity contribution in [1.29, 1.82) is 0 Å². The molecule has 118 valence electrons. The van der Waals surface area contributed by atoms with Crippen LogP contribution in [0.15, 0.2) is 12.1 Å². The van der Waals surface area contributed by atoms with Gasteiger partial charge in [-0.1, -0.05) is 0 Å². The number of carbonyl (C=O) groups is 1. The van der Waals surface area contributed by atoms with Crippen LogP contribution in [0, 0.1) is 7.14 Å². The minimum Gasteiger partial charge on any atom is -0.506 e. The minimum absolute atomic E-state index is 0.0852. The molecule has 21 heavy (non-hydrogen) atoms. The second-order valence-corrected chi connectivity index (χ2v) is 6.06. The fraction of sp³-hybridized carbons (Fsp3) is 0.300. The molecule has 11 heteroatoms. The van der Waals surface area contributed by atoms with Crippen LogP contribution in [0.5, 0.6) is 5.75 Å². The smallest absolute Gasteiger partial charge is 0.434 e. The summed E-state index contributed by atoms with van der Waals surface area (Å²) in [5.41, 5.74) is -0.773. The van der Waals surface area contributed by atoms with Crippen molar-refractivity contribution in [2.24, 2.45) is 0 Å². The van der Waals surface area contributed by atoms with E-state index in [1.54, 1.807) is 45.2 Å². The fourth-order valence-electron chi connectivity index (χ4n) is 1.21. The van der Waals surface area contributed by atoms with Crippen LogP contribution in [0.2, 0.25) is 0 Å². The highest BCUT2D eigenvalue weighted by atomic mass is 127. The zero-order valence-electron chi connectivity index (χ0n) is 9.52. The molecule has 0 amide bonds. The van der Waals surface area contributed by atoms with Crippen molar-refractivity contribution < 1.29 is 41.0 Å². The van der Waals surface area contributed by atoms with Crippen molar-refractivity contribution in [2.75, 3.05) is 0 Å². The largest absolute Gasteiger partial charge is 0.506 e. The van der Waals surface area contributed by atoms with Gasteiger partial charge in [0.25, 0.3) is 6.10 Å². The lowest BCUT2D eigenvalue weighted by Crippen LogP contribution is -2.45. The second-order valence-electron chi connectivity index (χ2n) is 3.65. The lowest BCUT2D eigenvalue weighted by Gasteiger charge is -2.23. The van der Waals surface area contributed by atoms with Crippen molar-refractivity contribution >= 4 is 51.2 Å². The van der Waals surface area contributed by atoms with Crippen LogP contribution < -0.4 is 0 Å². The number of ether oxygens (including phenoxy) is 1. The third-order valence-electron chi connectivity index (χ3n) is 2.07. The Bertz CT molecular complexity index is 541. The zero-order valence-corrected chi connectivity index (χ0v) is 13.8. The van der Waals surface area contributed by atoms with Gasteiger partial charge < -0.3 is 9.84 Å². The maximum Gasteiger partial charge on any atom is 0.434 e. The first-order chi connectivity index (χ1) is 9.34. The number of esters is 1. The Morgan fingerprint density at radius 1 is 1.10 bits per heavy atom. The molecule has 0 spiro atoms. The topological polar surface area (TPSA) is 46.5 Å². The molecule has 0 atom stereocenters. The molecule has 0 aliphatic heterocycles. The average molecular weight is 540 g/mol. The van der Waals surface area contributed by atoms with E-state index in [0.29, 0.717) is 3.57 Å². The van der Waals surface area contributed by atoms with Gasteiger partial charge in [0.05, 0.1) is 3.57 Å². The van der Waals surface area contributed by atoms with Gasteiger partial charge in [-0.15, -0.1) is 0 Å². The maximum absolute atomic E-state index is 12.3. The van der Waals surface area contributed by atoms with Gasteiger partial charge in [0.2, 0.25) is 0 Å². The summed E-state index contributed by atoms with van der Waals surface area (Å²) >= 11 is 3.25. The van der Waals surface area contributed by atoms with E-state index in [1.807, 2.05) is 0 Å². The van der Waals surface area contributed by atoms with E-state index in [0.717, 1.165) is 6.07 Å². The number of phenolic OH excluding ortho intramolecular Hbond substituents is 1. The molecule has 0 saturated carbocycles. The summed E-state index contributed by atoms with van der Waals surface area (Å²) in [6.07, 6.45) is -15.9. The Labute approximate surface area is 140 Å². The number of hydrogen-bond donors (Lipinski definition) is 1. The molecule has 0 fully saturated rings. The molecule has 0 aliphatic carbocycles. The van der Waals surface area contributed by atoms with Gasteiger partial charge in [0.15, 0.2) is 0 Å². The molecule has 0 radical (unpaired) electrons. The summed E-state index contributed by atoms with van der Waals surface area (Å²) in [6.45, 7) is 0. The number of halogens is 8. The molecule has 1 N–H and O–H groups in total. The predicted octanol–water partition coefficient (Wildman–Crippen LogP) is 4.25. The molecule has 0 heterocycles. The van der Waals surface area contributed by atoms with E-state index < -0.39 is 35.7 Å². The number of carbonyl (C=O) groups excluding carboxylic acids is 1. The van der Waals surface area contributed by atoms with Gasteiger partial charge in [0, 0.05) is 3.57 Å². The van der Waals surface area contributed by atoms with Crippen LogP contribution in [0.4, 0.5) is 26.3 Å². The van der Waals surface area contributed by atoms with Gasteiger partial charge >= 0.3 is 18.3 Å². The summed E-state index contributed by atoms with van der Waals surface area (Å²) in [5, 5.41) is 9.54. The SMILES string of the molecule is O=C(OC(C(F)(F)F)C(F)(F)F)c1cc(I)cc(I)c1O. The highest BCUT2D eigenvalue weighted by Gasteiger charge is 2.60. The summed E-state index contributed by atoms with van der Waals surface area (Å²) in [4.78, 5) is 11.5. The highest BCUT2D eigenvalue weighted by Crippen LogP contribution is 2.37. The van der Waals surface area contributed by atoms with Crippen molar-refractivity contribution in [3.63, 3.8) is 0 Å². The lowest BCUT2D eigenvalue weighted by atomic mass is 10.2. The second kappa shape index (κ2) is 6.34. The summed E-state index contributed by atoms with van der Waals surface area (Å²) < 4.78 is 77.6. The first-order valence-corrected chi connectivity index (χ1v) is 7.02. The molecule has 0 unspecified atom stereocenters. The van der Waals surface area contributed by atoms with Crippen LogP contribution in [0.25, 0.3) is 0 Å². The molecule has 3 nitrogen and oxygen atoms in total. The van der Waals surface area contributed by atoms with Gasteiger partial charge in [-0.2, -0.15) is 26.3 Å². The molecule has 0 aliphatic rings. The maximum atomic E-state index is 12.3. The Morgan fingerprint density at radius 3 is 2.00 bits per heavy atom. The Kier molecular flexibility index (Phi) is 5.61. The lowest BCUT2D eigenvalue weighted by molar-refractivity contribution is -0.307. The molecular weight excluding hydrogens is 536 g/mol. The first-order valence-electron chi connectivity index (χ1n) is 4.86. The molecule has 0 bridgehead atoms. The van der Waals surface area contributed by atoms with Gasteiger partial charge in [-0.3, -0.25) is 0 Å². The van der Waals surface area contributed by atoms with E-state index in [4.69, 9.17) is 0 Å². The van der Waals surface area contributed by atoms with Crippen LogP contribution in [0.3, 0.4) is 0 Å². The van der Waals surface area contributed by atoms with Gasteiger partial charge in [-0.05, 0) is 57.3 Å². The highest BCUT2D eigenvalue weighted by molar-refractivity contribution is 14.1. The normalized spacial score (nSPS) is 12.6. The molecule has 1 rings (SSSR count). The Balaban J connectivity index is 3.15. The molecule has 1 aromatic rings. The molecule has 0 aromatic heterocycles. The molecular formula is C10H4F6I2O3. The Hall–Kier alpha value is -0.470. The number of aromatic hydroxyl groups is 1. The van der Waals surface area contributed by atoms with Crippen molar-refractivity contribution in [3.8, 4) is 5.75 Å². The van der Waals surface area contributed by atoms with E-state index in [1.165, 1.54) is 6.07 Å². The van der Waals surface area contributed by atoms with Gasteiger partial charge in [-0.25, -0.2) is 4.79 Å².